The summed E-state index contributed by atoms with van der Waals surface area (Å²) in [7, 11) is 0. The summed E-state index contributed by atoms with van der Waals surface area (Å²) in [5, 5.41) is 0. The number of rotatable bonds is 4. The largest absolute Gasteiger partial charge is 0.394 e. The highest BCUT2D eigenvalue weighted by atomic mass is 19.2. The minimum absolute atomic E-state index is 0.0984. The Hall–Kier alpha value is -2.04. The number of nitrogen functional groups attached to an aromatic ring is 1. The number of halogens is 4. The zero-order valence-corrected chi connectivity index (χ0v) is 14.8. The van der Waals surface area contributed by atoms with E-state index in [2.05, 4.69) is 6.92 Å². The molecule has 3 rings (SSSR count). The fraction of sp³-hybridized carbons (Fsp3) is 0.429. The van der Waals surface area contributed by atoms with Gasteiger partial charge in [-0.2, -0.15) is 0 Å². The summed E-state index contributed by atoms with van der Waals surface area (Å²) in [6, 6.07) is 6.63. The second-order valence-corrected chi connectivity index (χ2v) is 7.17. The van der Waals surface area contributed by atoms with E-state index in [9.17, 15) is 17.6 Å². The average Bonchev–Trinajstić information content (AvgIpc) is 2.66. The van der Waals surface area contributed by atoms with Gasteiger partial charge in [0.05, 0.1) is 5.56 Å². The molecule has 0 bridgehead atoms. The van der Waals surface area contributed by atoms with Crippen molar-refractivity contribution in [3.8, 4) is 11.1 Å². The molecule has 1 aliphatic carbocycles. The molecule has 0 saturated heterocycles. The van der Waals surface area contributed by atoms with Gasteiger partial charge in [0.15, 0.2) is 23.3 Å². The molecular formula is C21H23F4N. The molecule has 2 N–H and O–H groups in total. The second kappa shape index (κ2) is 7.68. The summed E-state index contributed by atoms with van der Waals surface area (Å²) < 4.78 is 55.6. The zero-order valence-electron chi connectivity index (χ0n) is 14.8. The lowest BCUT2D eigenvalue weighted by atomic mass is 9.77. The highest BCUT2D eigenvalue weighted by molar-refractivity contribution is 5.68. The van der Waals surface area contributed by atoms with Gasteiger partial charge in [0, 0.05) is 0 Å². The smallest absolute Gasteiger partial charge is 0.185 e. The number of nitrogens with two attached hydrogens (primary N) is 1. The standard InChI is InChI=1S/C21H23F4N/c1-2-3-12-4-6-13(7-5-12)14-8-10-15(11-9-14)16-17(22)19(24)21(26)20(25)18(16)23/h8-13H,2-7,26H2,1H3/t12-,13-. The van der Waals surface area contributed by atoms with E-state index in [0.29, 0.717) is 5.92 Å². The highest BCUT2D eigenvalue weighted by Crippen LogP contribution is 2.39. The average molecular weight is 365 g/mol. The van der Waals surface area contributed by atoms with E-state index in [1.54, 1.807) is 12.1 Å². The Bertz CT molecular complexity index is 749. The molecule has 0 radical (unpaired) electrons. The van der Waals surface area contributed by atoms with Crippen molar-refractivity contribution in [3.05, 3.63) is 53.1 Å². The molecule has 1 saturated carbocycles. The van der Waals surface area contributed by atoms with Crippen molar-refractivity contribution in [3.63, 3.8) is 0 Å². The van der Waals surface area contributed by atoms with Crippen LogP contribution in [0, 0.1) is 29.2 Å². The summed E-state index contributed by atoms with van der Waals surface area (Å²) in [6.45, 7) is 2.20. The lowest BCUT2D eigenvalue weighted by Crippen LogP contribution is -2.13. The fourth-order valence-corrected chi connectivity index (χ4v) is 4.02. The van der Waals surface area contributed by atoms with Gasteiger partial charge in [-0.15, -0.1) is 0 Å². The maximum Gasteiger partial charge on any atom is 0.185 e. The third kappa shape index (κ3) is 3.44. The molecule has 0 unspecified atom stereocenters. The first-order chi connectivity index (χ1) is 12.4. The van der Waals surface area contributed by atoms with Crippen LogP contribution in [-0.2, 0) is 0 Å². The Balaban J connectivity index is 1.83. The lowest BCUT2D eigenvalue weighted by Gasteiger charge is -2.28. The number of hydrogen-bond acceptors (Lipinski definition) is 1. The van der Waals surface area contributed by atoms with Crippen LogP contribution in [0.3, 0.4) is 0 Å². The molecule has 1 nitrogen and oxygen atoms in total. The van der Waals surface area contributed by atoms with Crippen LogP contribution in [0.25, 0.3) is 11.1 Å². The topological polar surface area (TPSA) is 26.0 Å². The van der Waals surface area contributed by atoms with Gasteiger partial charge in [-0.05, 0) is 48.6 Å². The quantitative estimate of drug-likeness (QED) is 0.370. The van der Waals surface area contributed by atoms with E-state index in [0.717, 1.165) is 24.3 Å². The van der Waals surface area contributed by atoms with E-state index >= 15 is 0 Å². The van der Waals surface area contributed by atoms with E-state index in [1.807, 2.05) is 0 Å². The first-order valence-electron chi connectivity index (χ1n) is 9.15. The molecule has 2 aromatic rings. The molecule has 0 spiro atoms. The van der Waals surface area contributed by atoms with Crippen LogP contribution in [0.4, 0.5) is 23.2 Å². The van der Waals surface area contributed by atoms with Crippen LogP contribution in [0.1, 0.15) is 56.9 Å². The molecule has 0 amide bonds. The molecule has 0 aliphatic heterocycles. The molecule has 5 heteroatoms. The van der Waals surface area contributed by atoms with Gasteiger partial charge < -0.3 is 5.73 Å². The van der Waals surface area contributed by atoms with Gasteiger partial charge in [0.25, 0.3) is 0 Å². The summed E-state index contributed by atoms with van der Waals surface area (Å²) >= 11 is 0. The van der Waals surface area contributed by atoms with Crippen LogP contribution in [0.15, 0.2) is 24.3 Å². The molecule has 1 aliphatic rings. The summed E-state index contributed by atoms with van der Waals surface area (Å²) in [5.74, 6) is -4.83. The molecule has 0 heterocycles. The van der Waals surface area contributed by atoms with E-state index in [4.69, 9.17) is 5.73 Å². The van der Waals surface area contributed by atoms with Crippen molar-refractivity contribution < 1.29 is 17.6 Å². The van der Waals surface area contributed by atoms with Crippen molar-refractivity contribution in [2.75, 3.05) is 5.73 Å². The van der Waals surface area contributed by atoms with Gasteiger partial charge in [-0.3, -0.25) is 0 Å². The first-order valence-corrected chi connectivity index (χ1v) is 9.15. The molecule has 1 fully saturated rings. The Kier molecular flexibility index (Phi) is 5.54. The van der Waals surface area contributed by atoms with Gasteiger partial charge in [0.1, 0.15) is 5.69 Å². The predicted octanol–water partition coefficient (Wildman–Crippen LogP) is 6.57. The molecule has 2 aromatic carbocycles. The van der Waals surface area contributed by atoms with Crippen molar-refractivity contribution in [2.24, 2.45) is 5.92 Å². The van der Waals surface area contributed by atoms with Crippen LogP contribution >= 0.6 is 0 Å². The monoisotopic (exact) mass is 365 g/mol. The van der Waals surface area contributed by atoms with Crippen LogP contribution in [0.2, 0.25) is 0 Å². The Morgan fingerprint density at radius 3 is 1.88 bits per heavy atom. The lowest BCUT2D eigenvalue weighted by molar-refractivity contribution is 0.308. The fourth-order valence-electron chi connectivity index (χ4n) is 4.02. The molecule has 0 aromatic heterocycles. The first kappa shape index (κ1) is 18.7. The third-order valence-corrected chi connectivity index (χ3v) is 5.51. The predicted molar refractivity (Wildman–Crippen MR) is 95.7 cm³/mol. The maximum absolute atomic E-state index is 14.1. The summed E-state index contributed by atoms with van der Waals surface area (Å²) in [5.41, 5.74) is 4.40. The Labute approximate surface area is 151 Å². The number of anilines is 1. The van der Waals surface area contributed by atoms with E-state index in [-0.39, 0.29) is 5.56 Å². The van der Waals surface area contributed by atoms with Crippen molar-refractivity contribution in [2.45, 2.75) is 51.4 Å². The highest BCUT2D eigenvalue weighted by Gasteiger charge is 2.26. The molecule has 140 valence electrons. The summed E-state index contributed by atoms with van der Waals surface area (Å²) in [6.07, 6.45) is 7.04. The number of benzene rings is 2. The maximum atomic E-state index is 14.1. The summed E-state index contributed by atoms with van der Waals surface area (Å²) in [4.78, 5) is 0. The van der Waals surface area contributed by atoms with Crippen molar-refractivity contribution in [1.29, 1.82) is 0 Å². The zero-order chi connectivity index (χ0) is 18.8. The van der Waals surface area contributed by atoms with Crippen LogP contribution in [0.5, 0.6) is 0 Å². The van der Waals surface area contributed by atoms with E-state index < -0.39 is 34.5 Å². The van der Waals surface area contributed by atoms with Crippen LogP contribution < -0.4 is 5.73 Å². The van der Waals surface area contributed by atoms with Gasteiger partial charge in [0.2, 0.25) is 0 Å². The van der Waals surface area contributed by atoms with E-state index in [1.165, 1.54) is 37.8 Å². The SMILES string of the molecule is CCC[C@H]1CC[C@H](c2ccc(-c3c(F)c(F)c(N)c(F)c3F)cc2)CC1. The minimum atomic E-state index is -1.56. The molecule has 26 heavy (non-hydrogen) atoms. The third-order valence-electron chi connectivity index (χ3n) is 5.51. The normalized spacial score (nSPS) is 20.3. The van der Waals surface area contributed by atoms with Crippen molar-refractivity contribution >= 4 is 5.69 Å². The van der Waals surface area contributed by atoms with Gasteiger partial charge >= 0.3 is 0 Å². The molecular weight excluding hydrogens is 342 g/mol. The Morgan fingerprint density at radius 2 is 1.38 bits per heavy atom. The van der Waals surface area contributed by atoms with Gasteiger partial charge in [-0.25, -0.2) is 17.6 Å². The Morgan fingerprint density at radius 1 is 0.846 bits per heavy atom. The number of hydrogen-bond donors (Lipinski definition) is 1. The second-order valence-electron chi connectivity index (χ2n) is 7.17. The van der Waals surface area contributed by atoms with Crippen LogP contribution in [-0.4, -0.2) is 0 Å². The molecule has 0 atom stereocenters. The minimum Gasteiger partial charge on any atom is -0.394 e. The van der Waals surface area contributed by atoms with Crippen molar-refractivity contribution in [1.82, 2.24) is 0 Å². The van der Waals surface area contributed by atoms with Gasteiger partial charge in [-0.1, -0.05) is 44.0 Å².